The molecule has 2 N–H and O–H groups in total. The van der Waals surface area contributed by atoms with Crippen molar-refractivity contribution >= 4 is 17.7 Å². The number of carbonyl (C=O) groups excluding carboxylic acids is 3. The van der Waals surface area contributed by atoms with Gasteiger partial charge in [-0.05, 0) is 51.3 Å². The maximum atomic E-state index is 13.6. The number of carbonyl (C=O) groups is 3. The SMILES string of the molecule is CC(C)(C)NC(=O)[C@H]1N(C2CC2)C(=O)[C@H]2[C@@H](C(=O)NCc3ccc(F)cc3)[C@H]3C=C[C@]21O3. The molecule has 3 heterocycles. The highest BCUT2D eigenvalue weighted by atomic mass is 19.1. The standard InChI is InChI=1S/C24H28FN3O4/c1-23(2,3)27-21(30)19-24-11-10-16(32-24)17(18(24)22(31)28(19)15-8-9-15)20(29)26-12-13-4-6-14(25)7-5-13/h4-7,10-11,15-19H,8-9,12H2,1-3H3,(H,26,29)(H,27,30)/t16-,17+,18-,19-,24+/m1/s1. The molecule has 1 aromatic carbocycles. The van der Waals surface area contributed by atoms with Gasteiger partial charge < -0.3 is 20.3 Å². The number of rotatable bonds is 5. The molecular formula is C24H28FN3O4. The zero-order chi connectivity index (χ0) is 22.8. The highest BCUT2D eigenvalue weighted by molar-refractivity contribution is 6.00. The molecule has 1 spiro atoms. The number of amides is 3. The largest absolute Gasteiger partial charge is 0.359 e. The first-order valence-corrected chi connectivity index (χ1v) is 11.1. The van der Waals surface area contributed by atoms with Crippen LogP contribution in [0.25, 0.3) is 0 Å². The Morgan fingerprint density at radius 3 is 2.50 bits per heavy atom. The molecule has 0 unspecified atom stereocenters. The molecule has 8 heteroatoms. The first-order chi connectivity index (χ1) is 15.1. The van der Waals surface area contributed by atoms with Crippen LogP contribution in [-0.4, -0.2) is 51.9 Å². The monoisotopic (exact) mass is 441 g/mol. The molecular weight excluding hydrogens is 413 g/mol. The Hall–Kier alpha value is -2.74. The van der Waals surface area contributed by atoms with Crippen molar-refractivity contribution in [2.45, 2.75) is 69.5 Å². The Kier molecular flexibility index (Phi) is 4.71. The fourth-order valence-corrected chi connectivity index (χ4v) is 5.30. The number of nitrogens with one attached hydrogen (secondary N) is 2. The predicted octanol–water partition coefficient (Wildman–Crippen LogP) is 1.67. The minimum Gasteiger partial charge on any atom is -0.359 e. The Morgan fingerprint density at radius 2 is 1.88 bits per heavy atom. The summed E-state index contributed by atoms with van der Waals surface area (Å²) >= 11 is 0. The minimum absolute atomic E-state index is 0.0113. The molecule has 1 aliphatic carbocycles. The van der Waals surface area contributed by atoms with E-state index in [2.05, 4.69) is 10.6 Å². The molecule has 0 radical (unpaired) electrons. The molecule has 2 saturated heterocycles. The molecule has 0 aromatic heterocycles. The third-order valence-corrected chi connectivity index (χ3v) is 6.68. The summed E-state index contributed by atoms with van der Waals surface area (Å²) in [5.74, 6) is -2.52. The fraction of sp³-hybridized carbons (Fsp3) is 0.542. The summed E-state index contributed by atoms with van der Waals surface area (Å²) in [7, 11) is 0. The lowest BCUT2D eigenvalue weighted by molar-refractivity contribution is -0.143. The molecule has 1 saturated carbocycles. The van der Waals surface area contributed by atoms with E-state index in [0.29, 0.717) is 0 Å². The summed E-state index contributed by atoms with van der Waals surface area (Å²) in [6, 6.07) is 5.12. The maximum absolute atomic E-state index is 13.6. The van der Waals surface area contributed by atoms with Gasteiger partial charge in [0.15, 0.2) is 0 Å². The van der Waals surface area contributed by atoms with Crippen LogP contribution in [0.1, 0.15) is 39.2 Å². The van der Waals surface area contributed by atoms with Crippen LogP contribution in [0.4, 0.5) is 4.39 Å². The molecule has 32 heavy (non-hydrogen) atoms. The molecule has 1 aromatic rings. The van der Waals surface area contributed by atoms with Gasteiger partial charge in [0.05, 0.1) is 17.9 Å². The van der Waals surface area contributed by atoms with Gasteiger partial charge in [-0.1, -0.05) is 24.3 Å². The van der Waals surface area contributed by atoms with Gasteiger partial charge in [-0.15, -0.1) is 0 Å². The number of ether oxygens (including phenoxy) is 1. The van der Waals surface area contributed by atoms with E-state index in [1.165, 1.54) is 12.1 Å². The van der Waals surface area contributed by atoms with Gasteiger partial charge in [-0.2, -0.15) is 0 Å². The fourth-order valence-electron chi connectivity index (χ4n) is 5.30. The Bertz CT molecular complexity index is 997. The highest BCUT2D eigenvalue weighted by Gasteiger charge is 2.74. The molecule has 3 amide bonds. The van der Waals surface area contributed by atoms with Gasteiger partial charge in [-0.25, -0.2) is 4.39 Å². The van der Waals surface area contributed by atoms with Gasteiger partial charge in [0.25, 0.3) is 0 Å². The number of likely N-dealkylation sites (tertiary alicyclic amines) is 1. The number of nitrogens with zero attached hydrogens (tertiary/aromatic N) is 1. The summed E-state index contributed by atoms with van der Waals surface area (Å²) in [6.07, 6.45) is 4.77. The third-order valence-electron chi connectivity index (χ3n) is 6.68. The lowest BCUT2D eigenvalue weighted by Gasteiger charge is -2.34. The van der Waals surface area contributed by atoms with Crippen molar-refractivity contribution < 1.29 is 23.5 Å². The van der Waals surface area contributed by atoms with Crippen LogP contribution in [0.3, 0.4) is 0 Å². The van der Waals surface area contributed by atoms with Crippen LogP contribution in [0.15, 0.2) is 36.4 Å². The van der Waals surface area contributed by atoms with Crippen LogP contribution < -0.4 is 10.6 Å². The number of fused-ring (bicyclic) bond motifs is 1. The van der Waals surface area contributed by atoms with Gasteiger partial charge >= 0.3 is 0 Å². The summed E-state index contributed by atoms with van der Waals surface area (Å²) < 4.78 is 19.4. The van der Waals surface area contributed by atoms with Crippen molar-refractivity contribution in [3.8, 4) is 0 Å². The second-order valence-corrected chi connectivity index (χ2v) is 10.3. The smallest absolute Gasteiger partial charge is 0.246 e. The summed E-state index contributed by atoms with van der Waals surface area (Å²) in [5, 5.41) is 5.87. The summed E-state index contributed by atoms with van der Waals surface area (Å²) in [5.41, 5.74) is -0.831. The van der Waals surface area contributed by atoms with Gasteiger partial charge in [0, 0.05) is 18.1 Å². The van der Waals surface area contributed by atoms with E-state index in [9.17, 15) is 18.8 Å². The first kappa shape index (κ1) is 21.1. The lowest BCUT2D eigenvalue weighted by Crippen LogP contribution is -2.58. The van der Waals surface area contributed by atoms with Crippen molar-refractivity contribution in [2.75, 3.05) is 0 Å². The van der Waals surface area contributed by atoms with E-state index >= 15 is 0 Å². The van der Waals surface area contributed by atoms with E-state index in [0.717, 1.165) is 18.4 Å². The lowest BCUT2D eigenvalue weighted by atomic mass is 9.74. The molecule has 4 aliphatic rings. The Balaban J connectivity index is 1.41. The quantitative estimate of drug-likeness (QED) is 0.681. The normalized spacial score (nSPS) is 32.9. The van der Waals surface area contributed by atoms with Crippen molar-refractivity contribution in [3.63, 3.8) is 0 Å². The van der Waals surface area contributed by atoms with Gasteiger partial charge in [0.1, 0.15) is 17.5 Å². The van der Waals surface area contributed by atoms with E-state index in [4.69, 9.17) is 4.74 Å². The topological polar surface area (TPSA) is 87.7 Å². The second kappa shape index (κ2) is 7.13. The van der Waals surface area contributed by atoms with Crippen LogP contribution in [0.2, 0.25) is 0 Å². The van der Waals surface area contributed by atoms with E-state index in [1.807, 2.05) is 26.8 Å². The highest BCUT2D eigenvalue weighted by Crippen LogP contribution is 2.57. The molecule has 170 valence electrons. The van der Waals surface area contributed by atoms with Crippen LogP contribution in [0.5, 0.6) is 0 Å². The van der Waals surface area contributed by atoms with Gasteiger partial charge in [0.2, 0.25) is 17.7 Å². The van der Waals surface area contributed by atoms with Crippen molar-refractivity contribution in [1.29, 1.82) is 0 Å². The average molecular weight is 442 g/mol. The number of halogens is 1. The van der Waals surface area contributed by atoms with Crippen molar-refractivity contribution in [1.82, 2.24) is 15.5 Å². The number of hydrogen-bond donors (Lipinski definition) is 2. The Morgan fingerprint density at radius 1 is 1.19 bits per heavy atom. The van der Waals surface area contributed by atoms with Crippen LogP contribution in [-0.2, 0) is 25.7 Å². The van der Waals surface area contributed by atoms with E-state index in [-0.39, 0.29) is 36.1 Å². The zero-order valence-electron chi connectivity index (χ0n) is 18.4. The number of benzene rings is 1. The zero-order valence-corrected chi connectivity index (χ0v) is 18.4. The molecule has 7 nitrogen and oxygen atoms in total. The summed E-state index contributed by atoms with van der Waals surface area (Å²) in [4.78, 5) is 41.8. The molecule has 5 atom stereocenters. The predicted molar refractivity (Wildman–Crippen MR) is 114 cm³/mol. The van der Waals surface area contributed by atoms with Crippen LogP contribution in [0, 0.1) is 17.7 Å². The Labute approximate surface area is 186 Å². The van der Waals surface area contributed by atoms with E-state index < -0.39 is 35.1 Å². The van der Waals surface area contributed by atoms with Crippen molar-refractivity contribution in [2.24, 2.45) is 11.8 Å². The molecule has 5 rings (SSSR count). The second-order valence-electron chi connectivity index (χ2n) is 10.3. The van der Waals surface area contributed by atoms with Crippen LogP contribution >= 0.6 is 0 Å². The maximum Gasteiger partial charge on any atom is 0.246 e. The molecule has 3 aliphatic heterocycles. The minimum atomic E-state index is -1.13. The summed E-state index contributed by atoms with van der Waals surface area (Å²) in [6.45, 7) is 5.91. The van der Waals surface area contributed by atoms with E-state index in [1.54, 1.807) is 23.1 Å². The van der Waals surface area contributed by atoms with Crippen molar-refractivity contribution in [3.05, 3.63) is 47.8 Å². The van der Waals surface area contributed by atoms with Gasteiger partial charge in [-0.3, -0.25) is 14.4 Å². The third kappa shape index (κ3) is 3.32. The molecule has 2 bridgehead atoms. The average Bonchev–Trinajstić information content (AvgIpc) is 3.31. The molecule has 3 fully saturated rings. The first-order valence-electron chi connectivity index (χ1n) is 11.1. The number of hydrogen-bond acceptors (Lipinski definition) is 4.